The first-order valence-corrected chi connectivity index (χ1v) is 9.72. The molecule has 0 N–H and O–H groups in total. The first-order valence-electron chi connectivity index (χ1n) is 9.72. The van der Waals surface area contributed by atoms with Crippen LogP contribution >= 0.6 is 0 Å². The Morgan fingerprint density at radius 3 is 2.58 bits per heavy atom. The number of fused-ring (bicyclic) bond motifs is 1. The van der Waals surface area contributed by atoms with E-state index < -0.39 is 0 Å². The van der Waals surface area contributed by atoms with Crippen molar-refractivity contribution < 1.29 is 4.79 Å². The molecule has 2 saturated heterocycles. The molecule has 1 aromatic carbocycles. The lowest BCUT2D eigenvalue weighted by atomic mass is 9.87. The number of likely N-dealkylation sites (N-methyl/N-ethyl adjacent to an activating group) is 1. The van der Waals surface area contributed by atoms with Crippen LogP contribution in [0.4, 0.5) is 0 Å². The van der Waals surface area contributed by atoms with Crippen molar-refractivity contribution in [3.63, 3.8) is 0 Å². The van der Waals surface area contributed by atoms with E-state index in [9.17, 15) is 4.79 Å². The molecule has 1 aliphatic carbocycles. The Balaban J connectivity index is 1.65. The monoisotopic (exact) mass is 326 g/mol. The molecule has 3 fully saturated rings. The maximum atomic E-state index is 13.1. The third kappa shape index (κ3) is 2.88. The average molecular weight is 326 g/mol. The Bertz CT molecular complexity index is 587. The van der Waals surface area contributed by atoms with E-state index in [2.05, 4.69) is 54.1 Å². The highest BCUT2D eigenvalue weighted by Crippen LogP contribution is 2.44. The second-order valence-electron chi connectivity index (χ2n) is 8.22. The summed E-state index contributed by atoms with van der Waals surface area (Å²) in [5.74, 6) is 1.79. The standard InChI is InChI=1S/C21H30N2O/c1-15-13-17(15)21(24)23-14-18(16-9-5-3-6-10-16)20-19(23)11-7-4-8-12-22(20)2/h3,5-6,9-10,15,17-20H,4,7-8,11-14H2,1-2H3/t15-,17-,18+,19-,20+/m1/s1. The fourth-order valence-electron chi connectivity index (χ4n) is 5.01. The molecular formula is C21H30N2O. The molecule has 0 radical (unpaired) electrons. The van der Waals surface area contributed by atoms with Crippen molar-refractivity contribution in [3.8, 4) is 0 Å². The number of amides is 1. The summed E-state index contributed by atoms with van der Waals surface area (Å²) in [6.07, 6.45) is 6.12. The van der Waals surface area contributed by atoms with Crippen LogP contribution in [0.3, 0.4) is 0 Å². The van der Waals surface area contributed by atoms with Crippen molar-refractivity contribution in [1.82, 2.24) is 9.80 Å². The molecule has 0 unspecified atom stereocenters. The van der Waals surface area contributed by atoms with Gasteiger partial charge in [0.15, 0.2) is 0 Å². The maximum Gasteiger partial charge on any atom is 0.226 e. The number of carbonyl (C=O) groups is 1. The predicted molar refractivity (Wildman–Crippen MR) is 96.8 cm³/mol. The highest BCUT2D eigenvalue weighted by atomic mass is 16.2. The predicted octanol–water partition coefficient (Wildman–Crippen LogP) is 3.51. The van der Waals surface area contributed by atoms with Crippen LogP contribution in [0.2, 0.25) is 0 Å². The van der Waals surface area contributed by atoms with E-state index in [1.165, 1.54) is 31.2 Å². The van der Waals surface area contributed by atoms with Crippen LogP contribution in [0.25, 0.3) is 0 Å². The Morgan fingerprint density at radius 1 is 1.12 bits per heavy atom. The minimum absolute atomic E-state index is 0.302. The summed E-state index contributed by atoms with van der Waals surface area (Å²) >= 11 is 0. The second-order valence-corrected chi connectivity index (χ2v) is 8.22. The summed E-state index contributed by atoms with van der Waals surface area (Å²) in [7, 11) is 2.27. The molecule has 2 aliphatic heterocycles. The number of hydrogen-bond acceptors (Lipinski definition) is 2. The molecule has 0 spiro atoms. The number of hydrogen-bond donors (Lipinski definition) is 0. The second kappa shape index (κ2) is 6.51. The molecule has 1 aromatic rings. The molecule has 1 saturated carbocycles. The number of nitrogens with zero attached hydrogens (tertiary/aromatic N) is 2. The zero-order chi connectivity index (χ0) is 16.7. The van der Waals surface area contributed by atoms with Crippen LogP contribution in [0.5, 0.6) is 0 Å². The van der Waals surface area contributed by atoms with E-state index in [-0.39, 0.29) is 0 Å². The Labute approximate surface area is 146 Å². The zero-order valence-electron chi connectivity index (χ0n) is 15.0. The molecular weight excluding hydrogens is 296 g/mol. The van der Waals surface area contributed by atoms with E-state index in [1.54, 1.807) is 0 Å². The smallest absolute Gasteiger partial charge is 0.226 e. The fourth-order valence-corrected chi connectivity index (χ4v) is 5.01. The van der Waals surface area contributed by atoms with Crippen LogP contribution in [0, 0.1) is 11.8 Å². The molecule has 3 nitrogen and oxygen atoms in total. The van der Waals surface area contributed by atoms with Crippen LogP contribution in [0.15, 0.2) is 30.3 Å². The third-order valence-corrected chi connectivity index (χ3v) is 6.56. The SMILES string of the molecule is C[C@@H]1C[C@H]1C(=O)N1C[C@@H](c2ccccc2)[C@H]2[C@H]1CCCCCN2C. The van der Waals surface area contributed by atoms with Gasteiger partial charge in [-0.25, -0.2) is 0 Å². The van der Waals surface area contributed by atoms with Gasteiger partial charge < -0.3 is 9.80 Å². The number of carbonyl (C=O) groups excluding carboxylic acids is 1. The van der Waals surface area contributed by atoms with Gasteiger partial charge >= 0.3 is 0 Å². The van der Waals surface area contributed by atoms with E-state index in [1.807, 2.05) is 0 Å². The van der Waals surface area contributed by atoms with E-state index in [0.717, 1.165) is 19.5 Å². The topological polar surface area (TPSA) is 23.6 Å². The van der Waals surface area contributed by atoms with Gasteiger partial charge in [0.2, 0.25) is 5.91 Å². The molecule has 4 rings (SSSR count). The molecule has 3 heteroatoms. The van der Waals surface area contributed by atoms with Gasteiger partial charge in [0, 0.05) is 30.5 Å². The Kier molecular flexibility index (Phi) is 4.38. The summed E-state index contributed by atoms with van der Waals surface area (Å²) in [5.41, 5.74) is 1.40. The van der Waals surface area contributed by atoms with Crippen LogP contribution in [0.1, 0.15) is 50.5 Å². The molecule has 5 atom stereocenters. The minimum atomic E-state index is 0.302. The quantitative estimate of drug-likeness (QED) is 0.830. The van der Waals surface area contributed by atoms with Crippen molar-refractivity contribution >= 4 is 5.91 Å². The molecule has 24 heavy (non-hydrogen) atoms. The summed E-state index contributed by atoms with van der Waals surface area (Å²) in [6.45, 7) is 4.28. The van der Waals surface area contributed by atoms with Gasteiger partial charge in [-0.1, -0.05) is 50.1 Å². The van der Waals surface area contributed by atoms with E-state index in [0.29, 0.717) is 35.7 Å². The molecule has 0 bridgehead atoms. The van der Waals surface area contributed by atoms with E-state index in [4.69, 9.17) is 0 Å². The van der Waals surface area contributed by atoms with Crippen LogP contribution < -0.4 is 0 Å². The number of rotatable bonds is 2. The van der Waals surface area contributed by atoms with Gasteiger partial charge in [-0.3, -0.25) is 4.79 Å². The van der Waals surface area contributed by atoms with Gasteiger partial charge in [-0.2, -0.15) is 0 Å². The van der Waals surface area contributed by atoms with Crippen LogP contribution in [-0.4, -0.2) is 47.9 Å². The van der Waals surface area contributed by atoms with Gasteiger partial charge in [0.05, 0.1) is 0 Å². The summed E-state index contributed by atoms with van der Waals surface area (Å²) in [6, 6.07) is 11.8. The molecule has 3 aliphatic rings. The van der Waals surface area contributed by atoms with E-state index >= 15 is 0 Å². The van der Waals surface area contributed by atoms with Crippen molar-refractivity contribution in [2.45, 2.75) is 57.0 Å². The van der Waals surface area contributed by atoms with Crippen molar-refractivity contribution in [2.75, 3.05) is 20.1 Å². The van der Waals surface area contributed by atoms with Crippen molar-refractivity contribution in [2.24, 2.45) is 11.8 Å². The molecule has 130 valence electrons. The number of benzene rings is 1. The van der Waals surface area contributed by atoms with Gasteiger partial charge in [0.25, 0.3) is 0 Å². The summed E-state index contributed by atoms with van der Waals surface area (Å²) in [5, 5.41) is 0. The minimum Gasteiger partial charge on any atom is -0.337 e. The first-order chi connectivity index (χ1) is 11.7. The maximum absolute atomic E-state index is 13.1. The number of likely N-dealkylation sites (tertiary alicyclic amines) is 2. The normalized spacial score (nSPS) is 36.8. The van der Waals surface area contributed by atoms with Gasteiger partial charge in [-0.15, -0.1) is 0 Å². The Hall–Kier alpha value is -1.35. The highest BCUT2D eigenvalue weighted by Gasteiger charge is 2.50. The highest BCUT2D eigenvalue weighted by molar-refractivity contribution is 5.82. The first kappa shape index (κ1) is 16.1. The lowest BCUT2D eigenvalue weighted by molar-refractivity contribution is -0.134. The van der Waals surface area contributed by atoms with Gasteiger partial charge in [0.1, 0.15) is 0 Å². The molecule has 2 heterocycles. The Morgan fingerprint density at radius 2 is 1.88 bits per heavy atom. The lowest BCUT2D eigenvalue weighted by Gasteiger charge is -2.37. The largest absolute Gasteiger partial charge is 0.337 e. The average Bonchev–Trinajstić information content (AvgIpc) is 3.19. The van der Waals surface area contributed by atoms with Crippen molar-refractivity contribution in [3.05, 3.63) is 35.9 Å². The van der Waals surface area contributed by atoms with Crippen molar-refractivity contribution in [1.29, 1.82) is 0 Å². The van der Waals surface area contributed by atoms with Gasteiger partial charge in [-0.05, 0) is 44.3 Å². The lowest BCUT2D eigenvalue weighted by Crippen LogP contribution is -2.48. The summed E-state index contributed by atoms with van der Waals surface area (Å²) < 4.78 is 0. The zero-order valence-corrected chi connectivity index (χ0v) is 15.0. The van der Waals surface area contributed by atoms with Crippen LogP contribution in [-0.2, 0) is 4.79 Å². The third-order valence-electron chi connectivity index (χ3n) is 6.56. The summed E-state index contributed by atoms with van der Waals surface area (Å²) in [4.78, 5) is 17.9. The molecule has 1 amide bonds. The molecule has 0 aromatic heterocycles. The fraction of sp³-hybridized carbons (Fsp3) is 0.667.